The Kier molecular flexibility index (Phi) is 4.21. The van der Waals surface area contributed by atoms with Crippen molar-refractivity contribution in [3.05, 3.63) is 45.2 Å². The van der Waals surface area contributed by atoms with E-state index in [-0.39, 0.29) is 10.8 Å². The molecule has 7 heteroatoms. The predicted molar refractivity (Wildman–Crippen MR) is 95.1 cm³/mol. The summed E-state index contributed by atoms with van der Waals surface area (Å²) in [6.45, 7) is 6.05. The van der Waals surface area contributed by atoms with Gasteiger partial charge in [0.1, 0.15) is 11.3 Å². The van der Waals surface area contributed by atoms with Crippen LogP contribution in [-0.4, -0.2) is 25.8 Å². The van der Waals surface area contributed by atoms with Gasteiger partial charge in [-0.1, -0.05) is 31.5 Å². The van der Waals surface area contributed by atoms with E-state index in [9.17, 15) is 4.79 Å². The fraction of sp³-hybridized carbons (Fsp3) is 0.312. The van der Waals surface area contributed by atoms with Crippen LogP contribution in [0, 0.1) is 6.92 Å². The van der Waals surface area contributed by atoms with Crippen molar-refractivity contribution in [2.45, 2.75) is 31.6 Å². The van der Waals surface area contributed by atoms with E-state index in [4.69, 9.17) is 11.6 Å². The van der Waals surface area contributed by atoms with E-state index >= 15 is 0 Å². The van der Waals surface area contributed by atoms with Crippen LogP contribution in [0.25, 0.3) is 16.9 Å². The van der Waals surface area contributed by atoms with Gasteiger partial charge in [-0.25, -0.2) is 19.3 Å². The van der Waals surface area contributed by atoms with Gasteiger partial charge in [-0.3, -0.25) is 0 Å². The summed E-state index contributed by atoms with van der Waals surface area (Å²) >= 11 is 7.74. The van der Waals surface area contributed by atoms with Gasteiger partial charge in [-0.05, 0) is 36.8 Å². The van der Waals surface area contributed by atoms with E-state index in [0.717, 1.165) is 10.6 Å². The zero-order chi connectivity index (χ0) is 16.7. The smallest absolute Gasteiger partial charge is 0.301 e. The lowest BCUT2D eigenvalue weighted by atomic mass is 10.0. The molecule has 0 aliphatic rings. The third kappa shape index (κ3) is 2.77. The van der Waals surface area contributed by atoms with E-state index in [1.54, 1.807) is 23.3 Å². The van der Waals surface area contributed by atoms with Gasteiger partial charge in [-0.15, -0.1) is 11.8 Å². The van der Waals surface area contributed by atoms with E-state index in [0.29, 0.717) is 22.9 Å². The Morgan fingerprint density at radius 1 is 1.30 bits per heavy atom. The molecule has 2 aromatic heterocycles. The van der Waals surface area contributed by atoms with Gasteiger partial charge in [-0.2, -0.15) is 0 Å². The van der Waals surface area contributed by atoms with Crippen molar-refractivity contribution in [2.24, 2.45) is 0 Å². The van der Waals surface area contributed by atoms with Gasteiger partial charge in [0.15, 0.2) is 10.8 Å². The average molecular weight is 349 g/mol. The van der Waals surface area contributed by atoms with E-state index < -0.39 is 0 Å². The summed E-state index contributed by atoms with van der Waals surface area (Å²) in [4.78, 5) is 24.7. The minimum Gasteiger partial charge on any atom is -0.301 e. The molecule has 0 aliphatic carbocycles. The van der Waals surface area contributed by atoms with Gasteiger partial charge in [0, 0.05) is 4.90 Å². The second-order valence-corrected chi connectivity index (χ2v) is 6.82. The first kappa shape index (κ1) is 16.1. The minimum absolute atomic E-state index is 0.257. The van der Waals surface area contributed by atoms with Crippen LogP contribution in [0.2, 0.25) is 5.15 Å². The highest BCUT2D eigenvalue weighted by atomic mass is 35.5. The molecule has 0 atom stereocenters. The Morgan fingerprint density at radius 3 is 2.70 bits per heavy atom. The highest BCUT2D eigenvalue weighted by molar-refractivity contribution is 7.98. The van der Waals surface area contributed by atoms with Crippen LogP contribution >= 0.6 is 23.4 Å². The lowest BCUT2D eigenvalue weighted by Crippen LogP contribution is -2.16. The Balaban J connectivity index is 2.33. The Hall–Kier alpha value is -1.79. The predicted octanol–water partition coefficient (Wildman–Crippen LogP) is 3.92. The summed E-state index contributed by atoms with van der Waals surface area (Å²) in [6, 6.07) is 6.12. The van der Waals surface area contributed by atoms with Crippen molar-refractivity contribution in [3.8, 4) is 5.69 Å². The molecule has 0 bridgehead atoms. The lowest BCUT2D eigenvalue weighted by molar-refractivity contribution is 0.857. The SMILES string of the molecule is CSc1cc(C(C)C)ccc1-n1c(=O)[nH]c2c(Cl)nc(C)nc21. The number of hydrogen-bond donors (Lipinski definition) is 1. The first-order valence-corrected chi connectivity index (χ1v) is 8.85. The number of thioether (sulfide) groups is 1. The van der Waals surface area contributed by atoms with Crippen molar-refractivity contribution >= 4 is 34.5 Å². The molecule has 2 heterocycles. The number of nitrogens with one attached hydrogen (secondary N) is 1. The normalized spacial score (nSPS) is 11.6. The van der Waals surface area contributed by atoms with Crippen LogP contribution in [0.15, 0.2) is 27.9 Å². The topological polar surface area (TPSA) is 63.6 Å². The highest BCUT2D eigenvalue weighted by Gasteiger charge is 2.17. The number of aromatic amines is 1. The molecule has 3 aromatic rings. The second kappa shape index (κ2) is 6.02. The number of halogens is 1. The summed E-state index contributed by atoms with van der Waals surface area (Å²) in [5.41, 5.74) is 2.72. The molecule has 5 nitrogen and oxygen atoms in total. The number of aromatic nitrogens is 4. The first-order valence-electron chi connectivity index (χ1n) is 7.25. The molecule has 0 saturated carbocycles. The zero-order valence-electron chi connectivity index (χ0n) is 13.3. The van der Waals surface area contributed by atoms with Crippen LogP contribution in [0.1, 0.15) is 31.2 Å². The molecule has 0 saturated heterocycles. The Labute approximate surface area is 143 Å². The van der Waals surface area contributed by atoms with E-state index in [2.05, 4.69) is 34.9 Å². The molecule has 0 spiro atoms. The largest absolute Gasteiger partial charge is 0.332 e. The van der Waals surface area contributed by atoms with E-state index in [1.807, 2.05) is 18.4 Å². The van der Waals surface area contributed by atoms with Crippen molar-refractivity contribution in [2.75, 3.05) is 6.26 Å². The summed E-state index contributed by atoms with van der Waals surface area (Å²) in [6.07, 6.45) is 2.00. The molecule has 120 valence electrons. The molecule has 1 aromatic carbocycles. The zero-order valence-corrected chi connectivity index (χ0v) is 14.9. The van der Waals surface area contributed by atoms with Gasteiger partial charge < -0.3 is 4.98 Å². The minimum atomic E-state index is -0.269. The van der Waals surface area contributed by atoms with Crippen LogP contribution < -0.4 is 5.69 Å². The van der Waals surface area contributed by atoms with Crippen LogP contribution in [0.3, 0.4) is 0 Å². The summed E-state index contributed by atoms with van der Waals surface area (Å²) in [5, 5.41) is 0.257. The molecule has 23 heavy (non-hydrogen) atoms. The molecule has 3 rings (SSSR count). The van der Waals surface area contributed by atoms with E-state index in [1.165, 1.54) is 5.56 Å². The number of imidazole rings is 1. The molecule has 0 aliphatic heterocycles. The quantitative estimate of drug-likeness (QED) is 0.575. The van der Waals surface area contributed by atoms with Crippen LogP contribution in [-0.2, 0) is 0 Å². The van der Waals surface area contributed by atoms with Gasteiger partial charge in [0.2, 0.25) is 0 Å². The van der Waals surface area contributed by atoms with Gasteiger partial charge in [0.25, 0.3) is 0 Å². The van der Waals surface area contributed by atoms with Crippen molar-refractivity contribution in [1.29, 1.82) is 0 Å². The fourth-order valence-electron chi connectivity index (χ4n) is 2.51. The first-order chi connectivity index (χ1) is 10.9. The number of benzene rings is 1. The lowest BCUT2D eigenvalue weighted by Gasteiger charge is -2.12. The summed E-state index contributed by atoms with van der Waals surface area (Å²) < 4.78 is 1.56. The van der Waals surface area contributed by atoms with Crippen LogP contribution in [0.4, 0.5) is 0 Å². The highest BCUT2D eigenvalue weighted by Crippen LogP contribution is 2.29. The molecule has 0 amide bonds. The van der Waals surface area contributed by atoms with Crippen molar-refractivity contribution in [1.82, 2.24) is 19.5 Å². The standard InChI is InChI=1S/C16H17ClN4OS/c1-8(2)10-5-6-11(12(7-10)23-4)21-15-13(20-16(21)22)14(17)18-9(3)19-15/h5-8H,1-4H3,(H,20,22). The van der Waals surface area contributed by atoms with Crippen molar-refractivity contribution < 1.29 is 0 Å². The Morgan fingerprint density at radius 2 is 2.04 bits per heavy atom. The number of aryl methyl sites for hydroxylation is 1. The molecule has 0 radical (unpaired) electrons. The number of H-pyrrole nitrogens is 1. The molecule has 0 fully saturated rings. The summed E-state index contributed by atoms with van der Waals surface area (Å²) in [7, 11) is 0. The molecular weight excluding hydrogens is 332 g/mol. The molecule has 1 N–H and O–H groups in total. The molecule has 0 unspecified atom stereocenters. The maximum absolute atomic E-state index is 12.5. The Bertz CT molecular complexity index is 945. The van der Waals surface area contributed by atoms with Gasteiger partial charge >= 0.3 is 5.69 Å². The second-order valence-electron chi connectivity index (χ2n) is 5.61. The van der Waals surface area contributed by atoms with Gasteiger partial charge in [0.05, 0.1) is 5.69 Å². The number of fused-ring (bicyclic) bond motifs is 1. The van der Waals surface area contributed by atoms with Crippen molar-refractivity contribution in [3.63, 3.8) is 0 Å². The van der Waals surface area contributed by atoms with Crippen LogP contribution in [0.5, 0.6) is 0 Å². The third-order valence-electron chi connectivity index (χ3n) is 3.72. The fourth-order valence-corrected chi connectivity index (χ4v) is 3.39. The average Bonchev–Trinajstić information content (AvgIpc) is 2.83. The monoisotopic (exact) mass is 348 g/mol. The number of nitrogens with zero attached hydrogens (tertiary/aromatic N) is 3. The molecular formula is C16H17ClN4OS. The summed E-state index contributed by atoms with van der Waals surface area (Å²) in [5.74, 6) is 0.952. The number of rotatable bonds is 3. The third-order valence-corrected chi connectivity index (χ3v) is 4.76. The maximum Gasteiger partial charge on any atom is 0.332 e. The number of hydrogen-bond acceptors (Lipinski definition) is 4. The maximum atomic E-state index is 12.5.